The number of nitrogens with one attached hydrogen (secondary N) is 1. The number of aliphatic imine (C=N–C) groups is 1. The van der Waals surface area contributed by atoms with Crippen LogP contribution in [0.1, 0.15) is 38.9 Å². The van der Waals surface area contributed by atoms with Crippen molar-refractivity contribution < 1.29 is 4.52 Å². The highest BCUT2D eigenvalue weighted by Gasteiger charge is 2.23. The van der Waals surface area contributed by atoms with Gasteiger partial charge in [0.2, 0.25) is 5.89 Å². The lowest BCUT2D eigenvalue weighted by Gasteiger charge is -2.37. The van der Waals surface area contributed by atoms with E-state index in [9.17, 15) is 0 Å². The van der Waals surface area contributed by atoms with Crippen molar-refractivity contribution in [3.8, 4) is 0 Å². The second-order valence-electron chi connectivity index (χ2n) is 6.07. The second-order valence-corrected chi connectivity index (χ2v) is 6.07. The molecule has 1 aromatic rings. The average Bonchev–Trinajstić information content (AvgIpc) is 2.82. The first-order valence-electron chi connectivity index (χ1n) is 7.91. The molecule has 0 aromatic carbocycles. The topological polar surface area (TPSA) is 66.5 Å². The fourth-order valence-corrected chi connectivity index (χ4v) is 2.96. The van der Waals surface area contributed by atoms with Gasteiger partial charge in [-0.1, -0.05) is 19.0 Å². The van der Waals surface area contributed by atoms with Crippen molar-refractivity contribution >= 4 is 29.9 Å². The second kappa shape index (κ2) is 9.32. The Bertz CT molecular complexity index is 466. The van der Waals surface area contributed by atoms with Crippen LogP contribution in [0, 0.1) is 18.8 Å². The minimum atomic E-state index is 0. The molecule has 7 heteroatoms. The molecule has 2 atom stereocenters. The van der Waals surface area contributed by atoms with Gasteiger partial charge >= 0.3 is 0 Å². The van der Waals surface area contributed by atoms with Crippen LogP contribution in [0.2, 0.25) is 0 Å². The number of aryl methyl sites for hydroxylation is 1. The lowest BCUT2D eigenvalue weighted by atomic mass is 9.92. The van der Waals surface area contributed by atoms with Crippen molar-refractivity contribution in [2.75, 3.05) is 26.2 Å². The van der Waals surface area contributed by atoms with Crippen molar-refractivity contribution in [2.45, 2.75) is 40.5 Å². The summed E-state index contributed by atoms with van der Waals surface area (Å²) in [6, 6.07) is 0. The molecule has 2 heterocycles. The first-order valence-corrected chi connectivity index (χ1v) is 7.91. The van der Waals surface area contributed by atoms with Crippen LogP contribution in [0.15, 0.2) is 9.52 Å². The Balaban J connectivity index is 0.00000242. The van der Waals surface area contributed by atoms with Crippen LogP contribution in [0.4, 0.5) is 0 Å². The van der Waals surface area contributed by atoms with Crippen molar-refractivity contribution in [1.29, 1.82) is 0 Å². The molecule has 2 rings (SSSR count). The van der Waals surface area contributed by atoms with E-state index < -0.39 is 0 Å². The SMILES string of the molecule is CCNC(=NCCc1nc(C)no1)N1CC(C)CC(C)C1.I. The van der Waals surface area contributed by atoms with Crippen LogP contribution in [-0.4, -0.2) is 47.2 Å². The van der Waals surface area contributed by atoms with Crippen LogP contribution in [0.5, 0.6) is 0 Å². The van der Waals surface area contributed by atoms with E-state index in [4.69, 9.17) is 9.52 Å². The highest BCUT2D eigenvalue weighted by atomic mass is 127. The van der Waals surface area contributed by atoms with Crippen molar-refractivity contribution in [1.82, 2.24) is 20.4 Å². The summed E-state index contributed by atoms with van der Waals surface area (Å²) in [4.78, 5) is 11.3. The minimum Gasteiger partial charge on any atom is -0.357 e. The van der Waals surface area contributed by atoms with Crippen molar-refractivity contribution in [2.24, 2.45) is 16.8 Å². The standard InChI is InChI=1S/C15H27N5O.HI/c1-5-16-15(20-9-11(2)8-12(3)10-20)17-7-6-14-18-13(4)19-21-14;/h11-12H,5-10H2,1-4H3,(H,16,17);1H. The third-order valence-corrected chi connectivity index (χ3v) is 3.66. The fraction of sp³-hybridized carbons (Fsp3) is 0.800. The van der Waals surface area contributed by atoms with E-state index in [-0.39, 0.29) is 24.0 Å². The monoisotopic (exact) mass is 421 g/mol. The predicted molar refractivity (Wildman–Crippen MR) is 98.7 cm³/mol. The highest BCUT2D eigenvalue weighted by molar-refractivity contribution is 14.0. The summed E-state index contributed by atoms with van der Waals surface area (Å²) >= 11 is 0. The zero-order chi connectivity index (χ0) is 15.2. The zero-order valence-corrected chi connectivity index (χ0v) is 16.3. The van der Waals surface area contributed by atoms with Crippen LogP contribution in [0.3, 0.4) is 0 Å². The molecule has 1 fully saturated rings. The van der Waals surface area contributed by atoms with E-state index in [1.165, 1.54) is 6.42 Å². The molecule has 1 aromatic heterocycles. The molecule has 0 amide bonds. The first kappa shape index (κ1) is 19.2. The van der Waals surface area contributed by atoms with Gasteiger partial charge in [-0.05, 0) is 32.1 Å². The van der Waals surface area contributed by atoms with E-state index in [1.807, 2.05) is 6.92 Å². The van der Waals surface area contributed by atoms with Crippen LogP contribution < -0.4 is 5.32 Å². The van der Waals surface area contributed by atoms with Gasteiger partial charge < -0.3 is 14.7 Å². The summed E-state index contributed by atoms with van der Waals surface area (Å²) in [7, 11) is 0. The van der Waals surface area contributed by atoms with Gasteiger partial charge in [0.1, 0.15) is 0 Å². The van der Waals surface area contributed by atoms with Gasteiger partial charge in [0.15, 0.2) is 11.8 Å². The van der Waals surface area contributed by atoms with Gasteiger partial charge in [0.25, 0.3) is 0 Å². The summed E-state index contributed by atoms with van der Waals surface area (Å²) in [5.74, 6) is 3.78. The molecule has 22 heavy (non-hydrogen) atoms. The number of aromatic nitrogens is 2. The Morgan fingerprint density at radius 3 is 2.59 bits per heavy atom. The number of hydrogen-bond acceptors (Lipinski definition) is 4. The third kappa shape index (κ3) is 5.73. The number of likely N-dealkylation sites (tertiary alicyclic amines) is 1. The Labute approximate surface area is 150 Å². The molecular formula is C15H28IN5O. The number of nitrogens with zero attached hydrogens (tertiary/aromatic N) is 4. The van der Waals surface area contributed by atoms with Gasteiger partial charge in [-0.15, -0.1) is 24.0 Å². The molecule has 126 valence electrons. The largest absolute Gasteiger partial charge is 0.357 e. The molecule has 1 saturated heterocycles. The summed E-state index contributed by atoms with van der Waals surface area (Å²) in [6.07, 6.45) is 1.99. The van der Waals surface area contributed by atoms with E-state index in [0.29, 0.717) is 24.7 Å². The van der Waals surface area contributed by atoms with Gasteiger partial charge in [0.05, 0.1) is 6.54 Å². The average molecular weight is 421 g/mol. The molecule has 0 bridgehead atoms. The van der Waals surface area contributed by atoms with E-state index in [1.54, 1.807) is 0 Å². The van der Waals surface area contributed by atoms with Gasteiger partial charge in [0, 0.05) is 26.1 Å². The molecule has 0 aliphatic carbocycles. The molecule has 1 N–H and O–H groups in total. The van der Waals surface area contributed by atoms with E-state index in [0.717, 1.165) is 37.4 Å². The number of halogens is 1. The maximum Gasteiger partial charge on any atom is 0.228 e. The summed E-state index contributed by atoms with van der Waals surface area (Å²) in [6.45, 7) is 12.3. The normalized spacial score (nSPS) is 22.4. The minimum absolute atomic E-state index is 0. The molecule has 0 spiro atoms. The molecule has 0 radical (unpaired) electrons. The van der Waals surface area contributed by atoms with Crippen molar-refractivity contribution in [3.05, 3.63) is 11.7 Å². The molecular weight excluding hydrogens is 393 g/mol. The zero-order valence-electron chi connectivity index (χ0n) is 14.0. The molecule has 2 unspecified atom stereocenters. The summed E-state index contributed by atoms with van der Waals surface area (Å²) < 4.78 is 5.12. The molecule has 1 aliphatic rings. The Morgan fingerprint density at radius 1 is 1.36 bits per heavy atom. The van der Waals surface area contributed by atoms with E-state index in [2.05, 4.69) is 41.1 Å². The number of piperidine rings is 1. The van der Waals surface area contributed by atoms with Crippen LogP contribution >= 0.6 is 24.0 Å². The number of rotatable bonds is 4. The highest BCUT2D eigenvalue weighted by Crippen LogP contribution is 2.20. The summed E-state index contributed by atoms with van der Waals surface area (Å²) in [5.41, 5.74) is 0. The number of hydrogen-bond donors (Lipinski definition) is 1. The fourth-order valence-electron chi connectivity index (χ4n) is 2.96. The maximum absolute atomic E-state index is 5.12. The Kier molecular flexibility index (Phi) is 8.13. The Morgan fingerprint density at radius 2 is 2.05 bits per heavy atom. The van der Waals surface area contributed by atoms with E-state index >= 15 is 0 Å². The molecule has 0 saturated carbocycles. The Hall–Kier alpha value is -0.860. The van der Waals surface area contributed by atoms with Gasteiger partial charge in [-0.25, -0.2) is 0 Å². The smallest absolute Gasteiger partial charge is 0.228 e. The lowest BCUT2D eigenvalue weighted by Crippen LogP contribution is -2.48. The third-order valence-electron chi connectivity index (χ3n) is 3.66. The van der Waals surface area contributed by atoms with Gasteiger partial charge in [-0.3, -0.25) is 4.99 Å². The van der Waals surface area contributed by atoms with Crippen molar-refractivity contribution in [3.63, 3.8) is 0 Å². The summed E-state index contributed by atoms with van der Waals surface area (Å²) in [5, 5.41) is 7.19. The molecule has 1 aliphatic heterocycles. The quantitative estimate of drug-likeness (QED) is 0.460. The molecule has 6 nitrogen and oxygen atoms in total. The lowest BCUT2D eigenvalue weighted by molar-refractivity contribution is 0.208. The number of guanidine groups is 1. The van der Waals surface area contributed by atoms with Crippen LogP contribution in [0.25, 0.3) is 0 Å². The van der Waals surface area contributed by atoms with Gasteiger partial charge in [-0.2, -0.15) is 4.98 Å². The predicted octanol–water partition coefficient (Wildman–Crippen LogP) is 2.48. The maximum atomic E-state index is 5.12. The van der Waals surface area contributed by atoms with Crippen LogP contribution in [-0.2, 0) is 6.42 Å². The first-order chi connectivity index (χ1) is 10.1.